The van der Waals surface area contributed by atoms with Crippen molar-refractivity contribution in [3.05, 3.63) is 102 Å². The van der Waals surface area contributed by atoms with Crippen molar-refractivity contribution >= 4 is 37.8 Å². The van der Waals surface area contributed by atoms with E-state index in [0.717, 1.165) is 31.2 Å². The number of halogens is 2. The zero-order chi connectivity index (χ0) is 28.4. The zero-order valence-electron chi connectivity index (χ0n) is 21.9. The summed E-state index contributed by atoms with van der Waals surface area (Å²) in [4.78, 5) is 12.4. The Balaban J connectivity index is 1.93. The molecule has 0 aromatic heterocycles. The van der Waals surface area contributed by atoms with Crippen LogP contribution in [0.4, 0.5) is 0 Å². The zero-order valence-corrected chi connectivity index (χ0v) is 25.1. The van der Waals surface area contributed by atoms with E-state index in [1.54, 1.807) is 12.1 Å². The van der Waals surface area contributed by atoms with Crippen molar-refractivity contribution in [1.29, 1.82) is 0 Å². The molecule has 0 aliphatic rings. The third-order valence-electron chi connectivity index (χ3n) is 5.63. The van der Waals surface area contributed by atoms with Gasteiger partial charge in [-0.05, 0) is 71.6 Å². The molecular formula is C31H32Br2N4O2. The summed E-state index contributed by atoms with van der Waals surface area (Å²) in [5.74, 6) is 13.0. The number of rotatable bonds is 8. The van der Waals surface area contributed by atoms with Crippen molar-refractivity contribution in [3.63, 3.8) is 0 Å². The summed E-state index contributed by atoms with van der Waals surface area (Å²) >= 11 is 6.98. The molecule has 39 heavy (non-hydrogen) atoms. The van der Waals surface area contributed by atoms with Gasteiger partial charge in [0.15, 0.2) is 0 Å². The number of hydrogen-bond acceptors (Lipinski definition) is 5. The number of amides is 1. The van der Waals surface area contributed by atoms with Gasteiger partial charge in [-0.3, -0.25) is 10.1 Å². The molecule has 0 aliphatic heterocycles. The second-order valence-electron chi connectivity index (χ2n) is 9.19. The lowest BCUT2D eigenvalue weighted by Crippen LogP contribution is -2.29. The Kier molecular flexibility index (Phi) is 11.8. The maximum Gasteiger partial charge on any atom is 0.251 e. The molecule has 8 heteroatoms. The van der Waals surface area contributed by atoms with Crippen molar-refractivity contribution < 1.29 is 9.90 Å². The Morgan fingerprint density at radius 3 is 1.85 bits per heavy atom. The number of carbonyl (C=O) groups excluding carboxylic acids is 1. The molecule has 0 spiro atoms. The van der Waals surface area contributed by atoms with E-state index in [0.29, 0.717) is 42.9 Å². The summed E-state index contributed by atoms with van der Waals surface area (Å²) in [6.07, 6.45) is -0.831. The Morgan fingerprint density at radius 1 is 0.769 bits per heavy atom. The van der Waals surface area contributed by atoms with Crippen LogP contribution in [-0.4, -0.2) is 37.2 Å². The van der Waals surface area contributed by atoms with Crippen LogP contribution in [0, 0.1) is 23.7 Å². The number of aliphatic hydroxyl groups excluding tert-OH is 1. The standard InChI is InChI=1S/C31H32Br2N4O2/c1-20(2)25-12-21(3-5-23-14-26(18-28(32)16-23)30(38)36-9-7-34)11-22(13-25)4-6-24-15-27(19-29(33)17-24)31(39)37-10-8-35/h11-20,30,36,38H,7-10,34-35H2,1-2H3,(H,37,39). The highest BCUT2D eigenvalue weighted by molar-refractivity contribution is 9.10. The molecule has 0 aliphatic carbocycles. The van der Waals surface area contributed by atoms with Crippen LogP contribution in [0.5, 0.6) is 0 Å². The molecule has 0 heterocycles. The molecule has 3 aromatic rings. The van der Waals surface area contributed by atoms with E-state index >= 15 is 0 Å². The lowest BCUT2D eigenvalue weighted by atomic mass is 9.97. The fourth-order valence-electron chi connectivity index (χ4n) is 3.68. The van der Waals surface area contributed by atoms with Gasteiger partial charge in [0, 0.05) is 62.9 Å². The quantitative estimate of drug-likeness (QED) is 0.184. The van der Waals surface area contributed by atoms with Gasteiger partial charge in [0.25, 0.3) is 5.91 Å². The van der Waals surface area contributed by atoms with Crippen LogP contribution in [-0.2, 0) is 0 Å². The van der Waals surface area contributed by atoms with Crippen LogP contribution in [0.1, 0.15) is 69.7 Å². The van der Waals surface area contributed by atoms with E-state index in [9.17, 15) is 9.90 Å². The summed E-state index contributed by atoms with van der Waals surface area (Å²) in [6, 6.07) is 17.1. The first-order valence-electron chi connectivity index (χ1n) is 12.6. The minimum Gasteiger partial charge on any atom is -0.374 e. The number of carbonyl (C=O) groups is 1. The van der Waals surface area contributed by atoms with Crippen molar-refractivity contribution in [2.75, 3.05) is 26.2 Å². The second kappa shape index (κ2) is 15.0. The average molecular weight is 652 g/mol. The van der Waals surface area contributed by atoms with Crippen molar-refractivity contribution in [3.8, 4) is 23.7 Å². The lowest BCUT2D eigenvalue weighted by molar-refractivity contribution is 0.0954. The lowest BCUT2D eigenvalue weighted by Gasteiger charge is -2.13. The topological polar surface area (TPSA) is 113 Å². The van der Waals surface area contributed by atoms with Gasteiger partial charge >= 0.3 is 0 Å². The molecule has 3 rings (SSSR count). The van der Waals surface area contributed by atoms with E-state index in [4.69, 9.17) is 11.5 Å². The summed E-state index contributed by atoms with van der Waals surface area (Å²) < 4.78 is 1.59. The van der Waals surface area contributed by atoms with E-state index in [1.165, 1.54) is 0 Å². The molecule has 0 fully saturated rings. The SMILES string of the molecule is CC(C)c1cc(C#Cc2cc(Br)cc(C(=O)NCCN)c2)cc(C#Cc2cc(Br)cc(C(O)NCCN)c2)c1. The summed E-state index contributed by atoms with van der Waals surface area (Å²) in [6.45, 7) is 5.97. The van der Waals surface area contributed by atoms with Gasteiger partial charge in [-0.15, -0.1) is 0 Å². The first-order chi connectivity index (χ1) is 18.7. The molecule has 0 saturated heterocycles. The highest BCUT2D eigenvalue weighted by Gasteiger charge is 2.09. The fourth-order valence-corrected chi connectivity index (χ4v) is 4.68. The Morgan fingerprint density at radius 2 is 1.28 bits per heavy atom. The molecule has 1 unspecified atom stereocenters. The first kappa shape index (κ1) is 30.6. The molecule has 1 atom stereocenters. The number of hydrogen-bond donors (Lipinski definition) is 5. The summed E-state index contributed by atoms with van der Waals surface area (Å²) in [5.41, 5.74) is 16.5. The molecule has 202 valence electrons. The van der Waals surface area contributed by atoms with Crippen LogP contribution in [0.2, 0.25) is 0 Å². The molecule has 1 amide bonds. The van der Waals surface area contributed by atoms with Gasteiger partial charge in [-0.2, -0.15) is 0 Å². The fraction of sp³-hybridized carbons (Fsp3) is 0.258. The minimum absolute atomic E-state index is 0.192. The summed E-state index contributed by atoms with van der Waals surface area (Å²) in [7, 11) is 0. The highest BCUT2D eigenvalue weighted by atomic mass is 79.9. The Labute approximate surface area is 247 Å². The molecule has 6 nitrogen and oxygen atoms in total. The number of benzene rings is 3. The van der Waals surface area contributed by atoms with Gasteiger partial charge < -0.3 is 21.9 Å². The Bertz CT molecular complexity index is 1450. The molecule has 7 N–H and O–H groups in total. The molecule has 3 aromatic carbocycles. The molecule has 0 saturated carbocycles. The molecular weight excluding hydrogens is 620 g/mol. The third kappa shape index (κ3) is 9.63. The van der Waals surface area contributed by atoms with Crippen LogP contribution < -0.4 is 22.1 Å². The predicted molar refractivity (Wildman–Crippen MR) is 164 cm³/mol. The number of nitrogens with one attached hydrogen (secondary N) is 2. The average Bonchev–Trinajstić information content (AvgIpc) is 2.91. The Hall–Kier alpha value is -2.95. The van der Waals surface area contributed by atoms with Crippen molar-refractivity contribution in [2.45, 2.75) is 26.0 Å². The largest absolute Gasteiger partial charge is 0.374 e. The van der Waals surface area contributed by atoms with Gasteiger partial charge in [-0.25, -0.2) is 0 Å². The van der Waals surface area contributed by atoms with Crippen LogP contribution in [0.15, 0.2) is 63.5 Å². The van der Waals surface area contributed by atoms with E-state index in [-0.39, 0.29) is 11.8 Å². The van der Waals surface area contributed by atoms with Gasteiger partial charge in [0.05, 0.1) is 0 Å². The normalized spacial score (nSPS) is 11.3. The second-order valence-corrected chi connectivity index (χ2v) is 11.0. The minimum atomic E-state index is -0.831. The van der Waals surface area contributed by atoms with Crippen LogP contribution in [0.25, 0.3) is 0 Å². The van der Waals surface area contributed by atoms with Crippen molar-refractivity contribution in [2.24, 2.45) is 11.5 Å². The van der Waals surface area contributed by atoms with Crippen molar-refractivity contribution in [1.82, 2.24) is 10.6 Å². The third-order valence-corrected chi connectivity index (χ3v) is 6.55. The molecule has 0 radical (unpaired) electrons. The number of aliphatic hydroxyl groups is 1. The maximum atomic E-state index is 12.4. The van der Waals surface area contributed by atoms with E-state index in [1.807, 2.05) is 30.3 Å². The first-order valence-corrected chi connectivity index (χ1v) is 14.2. The number of nitrogens with two attached hydrogens (primary N) is 2. The van der Waals surface area contributed by atoms with Crippen LogP contribution in [0.3, 0.4) is 0 Å². The van der Waals surface area contributed by atoms with Gasteiger partial charge in [0.1, 0.15) is 6.23 Å². The van der Waals surface area contributed by atoms with E-state index in [2.05, 4.69) is 92.2 Å². The summed E-state index contributed by atoms with van der Waals surface area (Å²) in [5, 5.41) is 16.1. The van der Waals surface area contributed by atoms with Gasteiger partial charge in [0.2, 0.25) is 0 Å². The maximum absolute atomic E-state index is 12.4. The smallest absolute Gasteiger partial charge is 0.251 e. The van der Waals surface area contributed by atoms with Crippen LogP contribution >= 0.6 is 31.9 Å². The van der Waals surface area contributed by atoms with Gasteiger partial charge in [-0.1, -0.05) is 69.4 Å². The monoisotopic (exact) mass is 650 g/mol. The van der Waals surface area contributed by atoms with E-state index < -0.39 is 6.23 Å². The molecule has 0 bridgehead atoms. The predicted octanol–water partition coefficient (Wildman–Crippen LogP) is 4.36. The highest BCUT2D eigenvalue weighted by Crippen LogP contribution is 2.21.